The Kier molecular flexibility index (Phi) is 5.98. The van der Waals surface area contributed by atoms with Crippen molar-refractivity contribution in [3.63, 3.8) is 0 Å². The van der Waals surface area contributed by atoms with Crippen LogP contribution in [0.15, 0.2) is 53.9 Å². The first-order valence-electron chi connectivity index (χ1n) is 10.5. The smallest absolute Gasteiger partial charge is 0.412 e. The van der Waals surface area contributed by atoms with E-state index >= 15 is 0 Å². The molecular formula is C26H25NO4S. The zero-order valence-corrected chi connectivity index (χ0v) is 19.2. The molecule has 1 aromatic heterocycles. The Morgan fingerprint density at radius 1 is 1.03 bits per heavy atom. The first-order chi connectivity index (χ1) is 15.2. The van der Waals surface area contributed by atoms with Crippen LogP contribution in [0.5, 0.6) is 0 Å². The summed E-state index contributed by atoms with van der Waals surface area (Å²) in [5.41, 5.74) is 4.12. The molecule has 0 aliphatic heterocycles. The number of fused-ring (bicyclic) bond motifs is 1. The number of ketones is 2. The summed E-state index contributed by atoms with van der Waals surface area (Å²) in [7, 11) is 0. The number of nitrogens with one attached hydrogen (secondary N) is 1. The van der Waals surface area contributed by atoms with E-state index in [4.69, 9.17) is 4.74 Å². The molecule has 32 heavy (non-hydrogen) atoms. The monoisotopic (exact) mass is 447 g/mol. The van der Waals surface area contributed by atoms with Gasteiger partial charge in [0.25, 0.3) is 0 Å². The van der Waals surface area contributed by atoms with Gasteiger partial charge < -0.3 is 4.74 Å². The van der Waals surface area contributed by atoms with Gasteiger partial charge in [-0.05, 0) is 72.7 Å². The predicted molar refractivity (Wildman–Crippen MR) is 127 cm³/mol. The van der Waals surface area contributed by atoms with Gasteiger partial charge in [0.1, 0.15) is 11.4 Å². The van der Waals surface area contributed by atoms with E-state index in [9.17, 15) is 14.4 Å². The Morgan fingerprint density at radius 2 is 1.81 bits per heavy atom. The van der Waals surface area contributed by atoms with E-state index in [0.717, 1.165) is 21.6 Å². The topological polar surface area (TPSA) is 72.5 Å². The van der Waals surface area contributed by atoms with E-state index in [1.807, 2.05) is 47.8 Å². The van der Waals surface area contributed by atoms with Crippen LogP contribution in [-0.4, -0.2) is 23.3 Å². The largest absolute Gasteiger partial charge is 0.444 e. The number of amides is 1. The molecule has 0 bridgehead atoms. The summed E-state index contributed by atoms with van der Waals surface area (Å²) in [5.74, 6) is 0.111. The Hall–Kier alpha value is -3.25. The normalized spacial score (nSPS) is 13.0. The molecule has 3 aromatic rings. The maximum atomic E-state index is 13.1. The second kappa shape index (κ2) is 8.71. The van der Waals surface area contributed by atoms with Crippen molar-refractivity contribution in [2.24, 2.45) is 0 Å². The first-order valence-corrected chi connectivity index (χ1v) is 11.4. The summed E-state index contributed by atoms with van der Waals surface area (Å²) in [6.45, 7) is 5.40. The zero-order valence-electron chi connectivity index (χ0n) is 18.4. The molecule has 0 saturated heterocycles. The summed E-state index contributed by atoms with van der Waals surface area (Å²) >= 11 is 1.61. The van der Waals surface area contributed by atoms with Gasteiger partial charge in [-0.15, -0.1) is 11.3 Å². The average molecular weight is 448 g/mol. The van der Waals surface area contributed by atoms with E-state index in [0.29, 0.717) is 29.7 Å². The molecule has 0 atom stereocenters. The van der Waals surface area contributed by atoms with Crippen LogP contribution in [0.3, 0.4) is 0 Å². The molecule has 1 aliphatic carbocycles. The number of anilines is 1. The van der Waals surface area contributed by atoms with Gasteiger partial charge in [-0.3, -0.25) is 14.9 Å². The Labute approximate surface area is 191 Å². The lowest BCUT2D eigenvalue weighted by atomic mass is 9.97. The Morgan fingerprint density at radius 3 is 2.53 bits per heavy atom. The molecule has 0 unspecified atom stereocenters. The lowest BCUT2D eigenvalue weighted by Gasteiger charge is -2.20. The molecule has 1 N–H and O–H groups in total. The highest BCUT2D eigenvalue weighted by molar-refractivity contribution is 7.13. The van der Waals surface area contributed by atoms with Crippen LogP contribution in [0.25, 0.3) is 10.4 Å². The van der Waals surface area contributed by atoms with Crippen LogP contribution in [0.4, 0.5) is 10.5 Å². The number of rotatable bonds is 5. The highest BCUT2D eigenvalue weighted by atomic mass is 32.1. The van der Waals surface area contributed by atoms with Crippen molar-refractivity contribution in [3.8, 4) is 10.4 Å². The van der Waals surface area contributed by atoms with Crippen molar-refractivity contribution in [1.82, 2.24) is 0 Å². The van der Waals surface area contributed by atoms with Crippen LogP contribution in [0, 0.1) is 0 Å². The lowest BCUT2D eigenvalue weighted by Crippen LogP contribution is -2.27. The van der Waals surface area contributed by atoms with E-state index in [2.05, 4.69) is 5.32 Å². The number of hydrogen-bond acceptors (Lipinski definition) is 5. The van der Waals surface area contributed by atoms with Crippen LogP contribution in [0.2, 0.25) is 0 Å². The number of ether oxygens (including phenoxy) is 1. The van der Waals surface area contributed by atoms with E-state index in [1.54, 1.807) is 38.2 Å². The second-order valence-electron chi connectivity index (χ2n) is 8.95. The molecular weight excluding hydrogens is 422 g/mol. The minimum Gasteiger partial charge on any atom is -0.444 e. The minimum atomic E-state index is -0.626. The maximum absolute atomic E-state index is 13.1. The molecule has 0 fully saturated rings. The second-order valence-corrected chi connectivity index (χ2v) is 9.90. The molecule has 0 saturated carbocycles. The molecule has 6 heteroatoms. The fraction of sp³-hybridized carbons (Fsp3) is 0.269. The first kappa shape index (κ1) is 22.0. The number of Topliss-reactive ketones (excluding diaryl/α,β-unsaturated/α-hetero) is 2. The molecule has 1 aliphatic rings. The zero-order chi connectivity index (χ0) is 22.9. The van der Waals surface area contributed by atoms with Gasteiger partial charge in [-0.1, -0.05) is 24.3 Å². The Bertz CT molecular complexity index is 1190. The molecule has 164 valence electrons. The molecule has 1 heterocycles. The van der Waals surface area contributed by atoms with Crippen LogP contribution in [0.1, 0.15) is 47.8 Å². The summed E-state index contributed by atoms with van der Waals surface area (Å²) in [6, 6.07) is 15.1. The standard InChI is InChI=1S/C26H25NO4S/c1-26(2,3)31-25(30)27-22-9-8-18(24-5-4-10-32-24)12-20(22)15-23(29)17-7-6-16-13-21(28)14-19(16)11-17/h4-12H,13-15H2,1-3H3,(H,27,30). The molecule has 5 nitrogen and oxygen atoms in total. The number of hydrogen-bond donors (Lipinski definition) is 1. The van der Waals surface area contributed by atoms with Crippen molar-refractivity contribution < 1.29 is 19.1 Å². The van der Waals surface area contributed by atoms with Crippen LogP contribution in [-0.2, 0) is 28.8 Å². The SMILES string of the molecule is CC(C)(C)OC(=O)Nc1ccc(-c2cccs2)cc1CC(=O)c1ccc2c(c1)CC(=O)C2. The predicted octanol–water partition coefficient (Wildman–Crippen LogP) is 5.86. The van der Waals surface area contributed by atoms with E-state index < -0.39 is 11.7 Å². The fourth-order valence-corrected chi connectivity index (χ4v) is 4.49. The summed E-state index contributed by atoms with van der Waals surface area (Å²) in [5, 5.41) is 4.79. The molecule has 2 aromatic carbocycles. The van der Waals surface area contributed by atoms with Gasteiger partial charge >= 0.3 is 6.09 Å². The van der Waals surface area contributed by atoms with Gasteiger partial charge in [0, 0.05) is 35.4 Å². The number of benzene rings is 2. The van der Waals surface area contributed by atoms with Crippen molar-refractivity contribution >= 4 is 34.7 Å². The van der Waals surface area contributed by atoms with Gasteiger partial charge in [-0.25, -0.2) is 4.79 Å². The molecule has 1 amide bonds. The highest BCUT2D eigenvalue weighted by Gasteiger charge is 2.21. The quantitative estimate of drug-likeness (QED) is 0.498. The highest BCUT2D eigenvalue weighted by Crippen LogP contribution is 2.30. The number of carbonyl (C=O) groups is 3. The molecule has 0 spiro atoms. The minimum absolute atomic E-state index is 0.0669. The third kappa shape index (κ3) is 5.14. The summed E-state index contributed by atoms with van der Waals surface area (Å²) in [6.07, 6.45) is 0.384. The fourth-order valence-electron chi connectivity index (χ4n) is 3.77. The number of thiophene rings is 1. The van der Waals surface area contributed by atoms with Gasteiger partial charge in [0.2, 0.25) is 0 Å². The van der Waals surface area contributed by atoms with E-state index in [-0.39, 0.29) is 18.0 Å². The van der Waals surface area contributed by atoms with E-state index in [1.165, 1.54) is 0 Å². The maximum Gasteiger partial charge on any atom is 0.412 e. The van der Waals surface area contributed by atoms with Gasteiger partial charge in [0.05, 0.1) is 0 Å². The van der Waals surface area contributed by atoms with Crippen LogP contribution >= 0.6 is 11.3 Å². The third-order valence-electron chi connectivity index (χ3n) is 5.20. The van der Waals surface area contributed by atoms with Crippen molar-refractivity contribution in [2.45, 2.75) is 45.6 Å². The lowest BCUT2D eigenvalue weighted by molar-refractivity contribution is -0.117. The number of carbonyl (C=O) groups excluding carboxylic acids is 3. The van der Waals surface area contributed by atoms with Crippen molar-refractivity contribution in [2.75, 3.05) is 5.32 Å². The summed E-state index contributed by atoms with van der Waals surface area (Å²) < 4.78 is 5.38. The van der Waals surface area contributed by atoms with Crippen molar-refractivity contribution in [3.05, 3.63) is 76.2 Å². The van der Waals surface area contributed by atoms with Gasteiger partial charge in [0.15, 0.2) is 5.78 Å². The third-order valence-corrected chi connectivity index (χ3v) is 6.12. The van der Waals surface area contributed by atoms with Gasteiger partial charge in [-0.2, -0.15) is 0 Å². The van der Waals surface area contributed by atoms with Crippen LogP contribution < -0.4 is 5.32 Å². The summed E-state index contributed by atoms with van der Waals surface area (Å²) in [4.78, 5) is 38.3. The molecule has 0 radical (unpaired) electrons. The average Bonchev–Trinajstić information content (AvgIpc) is 3.36. The van der Waals surface area contributed by atoms with Crippen molar-refractivity contribution in [1.29, 1.82) is 0 Å². The Balaban J connectivity index is 1.62. The molecule has 4 rings (SSSR count).